The summed E-state index contributed by atoms with van der Waals surface area (Å²) in [4.78, 5) is 4.95. The molecule has 4 rings (SSSR count). The maximum atomic E-state index is 4.95. The predicted octanol–water partition coefficient (Wildman–Crippen LogP) is 8.81. The molecule has 0 fully saturated rings. The Morgan fingerprint density at radius 3 is 2.18 bits per heavy atom. The van der Waals surface area contributed by atoms with Crippen molar-refractivity contribution in [2.24, 2.45) is 0 Å². The Bertz CT molecular complexity index is 1270. The van der Waals surface area contributed by atoms with E-state index in [9.17, 15) is 0 Å². The smallest absolute Gasteiger partial charge is 0.145 e. The second-order valence-electron chi connectivity index (χ2n) is 7.92. The normalized spacial score (nSPS) is 11.6. The molecule has 2 nitrogen and oxygen atoms in total. The van der Waals surface area contributed by atoms with Crippen molar-refractivity contribution in [3.63, 3.8) is 0 Å². The monoisotopic (exact) mass is 432 g/mol. The van der Waals surface area contributed by atoms with Gasteiger partial charge in [-0.15, -0.1) is 6.58 Å². The lowest BCUT2D eigenvalue weighted by Gasteiger charge is -2.10. The minimum Gasteiger partial charge on any atom is -0.292 e. The molecule has 0 spiro atoms. The Morgan fingerprint density at radius 1 is 0.879 bits per heavy atom. The number of hydrogen-bond acceptors (Lipinski definition) is 1. The van der Waals surface area contributed by atoms with Gasteiger partial charge in [0.1, 0.15) is 5.82 Å². The van der Waals surface area contributed by atoms with Crippen LogP contribution in [0.4, 0.5) is 0 Å². The van der Waals surface area contributed by atoms with Crippen molar-refractivity contribution in [2.75, 3.05) is 0 Å². The molecule has 0 aliphatic heterocycles. The van der Waals surface area contributed by atoms with Gasteiger partial charge < -0.3 is 0 Å². The first-order valence-corrected chi connectivity index (χ1v) is 11.2. The topological polar surface area (TPSA) is 17.8 Å². The van der Waals surface area contributed by atoms with Gasteiger partial charge in [-0.2, -0.15) is 0 Å². The molecule has 2 heteroatoms. The van der Waals surface area contributed by atoms with Crippen LogP contribution in [-0.2, 0) is 0 Å². The minimum absolute atomic E-state index is 0.934. The van der Waals surface area contributed by atoms with Crippen LogP contribution in [0.3, 0.4) is 0 Å². The van der Waals surface area contributed by atoms with Gasteiger partial charge in [-0.3, -0.25) is 4.57 Å². The van der Waals surface area contributed by atoms with E-state index in [2.05, 4.69) is 110 Å². The average molecular weight is 433 g/mol. The molecular formula is C31H32N2. The molecule has 0 atom stereocenters. The van der Waals surface area contributed by atoms with Crippen LogP contribution in [0.15, 0.2) is 122 Å². The number of aromatic nitrogens is 2. The summed E-state index contributed by atoms with van der Waals surface area (Å²) in [6.45, 7) is 13.3. The summed E-state index contributed by atoms with van der Waals surface area (Å²) in [6.07, 6.45) is 8.85. The third kappa shape index (κ3) is 5.87. The fourth-order valence-electron chi connectivity index (χ4n) is 3.64. The second kappa shape index (κ2) is 11.6. The van der Waals surface area contributed by atoms with Crippen LogP contribution in [0.1, 0.15) is 32.8 Å². The summed E-state index contributed by atoms with van der Waals surface area (Å²) < 4.78 is 2.23. The van der Waals surface area contributed by atoms with E-state index >= 15 is 0 Å². The molecule has 0 amide bonds. The number of rotatable bonds is 6. The van der Waals surface area contributed by atoms with Crippen molar-refractivity contribution in [2.45, 2.75) is 27.2 Å². The Morgan fingerprint density at radius 2 is 1.52 bits per heavy atom. The van der Waals surface area contributed by atoms with Crippen molar-refractivity contribution >= 4 is 16.6 Å². The largest absolute Gasteiger partial charge is 0.292 e. The Hall–Kier alpha value is -3.91. The molecule has 0 aliphatic carbocycles. The number of para-hydroxylation sites is 3. The maximum Gasteiger partial charge on any atom is 0.145 e. The van der Waals surface area contributed by atoms with Gasteiger partial charge in [0.25, 0.3) is 0 Å². The zero-order valence-electron chi connectivity index (χ0n) is 19.8. The Balaban J connectivity index is 0.000000968. The molecule has 4 aromatic rings. The molecule has 1 aromatic heterocycles. The third-order valence-corrected chi connectivity index (χ3v) is 5.31. The molecular weight excluding hydrogens is 400 g/mol. The lowest BCUT2D eigenvalue weighted by Crippen LogP contribution is -1.97. The molecule has 0 saturated heterocycles. The second-order valence-corrected chi connectivity index (χ2v) is 7.92. The number of fused-ring (bicyclic) bond motifs is 1. The van der Waals surface area contributed by atoms with Crippen molar-refractivity contribution < 1.29 is 0 Å². The number of hydrogen-bond donors (Lipinski definition) is 0. The standard InChI is InChI=1S/C28H26N2.C3H6/c1-4-10-21(2)15-16-22(3)23-17-19-24(20-18-23)28-29-26-13-8-9-14-27(26)30(28)25-11-6-5-7-12-25;1-3-2/h4-14,16-20H,1,15H2,2-3H3;3H,1H2,2H3/b21-10+,22-16+;. The summed E-state index contributed by atoms with van der Waals surface area (Å²) in [5.41, 5.74) is 8.14. The van der Waals surface area contributed by atoms with Gasteiger partial charge in [0.2, 0.25) is 0 Å². The van der Waals surface area contributed by atoms with E-state index in [1.54, 1.807) is 6.08 Å². The fraction of sp³-hybridized carbons (Fsp3) is 0.129. The van der Waals surface area contributed by atoms with Crippen molar-refractivity contribution in [3.8, 4) is 17.1 Å². The first-order valence-electron chi connectivity index (χ1n) is 11.2. The molecule has 33 heavy (non-hydrogen) atoms. The van der Waals surface area contributed by atoms with E-state index < -0.39 is 0 Å². The minimum atomic E-state index is 0.934. The predicted molar refractivity (Wildman–Crippen MR) is 145 cm³/mol. The van der Waals surface area contributed by atoms with Crippen LogP contribution in [-0.4, -0.2) is 9.55 Å². The van der Waals surface area contributed by atoms with Gasteiger partial charge >= 0.3 is 0 Å². The molecule has 0 unspecified atom stereocenters. The van der Waals surface area contributed by atoms with Crippen LogP contribution in [0, 0.1) is 0 Å². The summed E-state index contributed by atoms with van der Waals surface area (Å²) in [5, 5.41) is 0. The van der Waals surface area contributed by atoms with Gasteiger partial charge in [-0.25, -0.2) is 4.98 Å². The maximum absolute atomic E-state index is 4.95. The van der Waals surface area contributed by atoms with E-state index in [-0.39, 0.29) is 0 Å². The van der Waals surface area contributed by atoms with Crippen molar-refractivity contribution in [1.29, 1.82) is 0 Å². The highest BCUT2D eigenvalue weighted by Gasteiger charge is 2.13. The van der Waals surface area contributed by atoms with Crippen LogP contribution in [0.25, 0.3) is 33.7 Å². The van der Waals surface area contributed by atoms with Crippen molar-refractivity contribution in [3.05, 3.63) is 127 Å². The average Bonchev–Trinajstić information content (AvgIpc) is 3.23. The first-order chi connectivity index (χ1) is 16.1. The molecule has 3 aromatic carbocycles. The van der Waals surface area contributed by atoms with E-state index in [0.29, 0.717) is 0 Å². The lowest BCUT2D eigenvalue weighted by atomic mass is 10.0. The molecule has 1 heterocycles. The summed E-state index contributed by atoms with van der Waals surface area (Å²) in [6, 6.07) is 27.4. The number of nitrogens with zero attached hydrogens (tertiary/aromatic N) is 2. The highest BCUT2D eigenvalue weighted by atomic mass is 15.1. The summed E-state index contributed by atoms with van der Waals surface area (Å²) >= 11 is 0. The molecule has 0 aliphatic rings. The summed E-state index contributed by atoms with van der Waals surface area (Å²) in [7, 11) is 0. The number of imidazole rings is 1. The number of benzene rings is 3. The Kier molecular flexibility index (Phi) is 8.37. The quantitative estimate of drug-likeness (QED) is 0.220. The third-order valence-electron chi connectivity index (χ3n) is 5.31. The van der Waals surface area contributed by atoms with Gasteiger partial charge in [0, 0.05) is 11.3 Å². The fourth-order valence-corrected chi connectivity index (χ4v) is 3.64. The van der Waals surface area contributed by atoms with Crippen LogP contribution in [0.5, 0.6) is 0 Å². The first kappa shape index (κ1) is 23.7. The zero-order chi connectivity index (χ0) is 23.6. The van der Waals surface area contributed by atoms with E-state index in [1.807, 2.05) is 25.1 Å². The van der Waals surface area contributed by atoms with Crippen LogP contribution >= 0.6 is 0 Å². The zero-order valence-corrected chi connectivity index (χ0v) is 19.8. The van der Waals surface area contributed by atoms with Gasteiger partial charge in [0.05, 0.1) is 11.0 Å². The summed E-state index contributed by atoms with van der Waals surface area (Å²) in [5.74, 6) is 0.959. The number of allylic oxidation sites excluding steroid dienone is 6. The molecule has 0 N–H and O–H groups in total. The van der Waals surface area contributed by atoms with Gasteiger partial charge in [-0.05, 0) is 62.6 Å². The molecule has 0 saturated carbocycles. The van der Waals surface area contributed by atoms with Crippen molar-refractivity contribution in [1.82, 2.24) is 9.55 Å². The lowest BCUT2D eigenvalue weighted by molar-refractivity contribution is 1.10. The van der Waals surface area contributed by atoms with E-state index in [1.165, 1.54) is 16.7 Å². The molecule has 0 radical (unpaired) electrons. The van der Waals surface area contributed by atoms with E-state index in [4.69, 9.17) is 4.98 Å². The highest BCUT2D eigenvalue weighted by Crippen LogP contribution is 2.29. The van der Waals surface area contributed by atoms with E-state index in [0.717, 1.165) is 34.5 Å². The van der Waals surface area contributed by atoms with Gasteiger partial charge in [-0.1, -0.05) is 91.1 Å². The van der Waals surface area contributed by atoms with Crippen LogP contribution in [0.2, 0.25) is 0 Å². The van der Waals surface area contributed by atoms with Crippen LogP contribution < -0.4 is 0 Å². The van der Waals surface area contributed by atoms with Gasteiger partial charge in [0.15, 0.2) is 0 Å². The Labute approximate surface area is 197 Å². The molecule has 166 valence electrons. The highest BCUT2D eigenvalue weighted by molar-refractivity contribution is 5.83. The molecule has 0 bridgehead atoms. The SMILES string of the molecule is C=C/C=C(\C)C/C=C(\C)c1ccc(-c2nc3ccccc3n2-c2ccccc2)cc1.C=CC.